The molecule has 0 aliphatic heterocycles. The van der Waals surface area contributed by atoms with Gasteiger partial charge >= 0.3 is 0 Å². The van der Waals surface area contributed by atoms with Crippen molar-refractivity contribution in [2.24, 2.45) is 0 Å². The highest BCUT2D eigenvalue weighted by Gasteiger charge is 2.05. The molecule has 0 saturated heterocycles. The first-order valence-corrected chi connectivity index (χ1v) is 8.14. The van der Waals surface area contributed by atoms with Crippen molar-refractivity contribution in [3.8, 4) is 0 Å². The number of fused-ring (bicyclic) bond motifs is 1. The van der Waals surface area contributed by atoms with Gasteiger partial charge in [0.1, 0.15) is 0 Å². The van der Waals surface area contributed by atoms with Crippen LogP contribution in [0.4, 0.5) is 10.8 Å². The van der Waals surface area contributed by atoms with Crippen molar-refractivity contribution >= 4 is 55.7 Å². The molecule has 1 heterocycles. The number of halogens is 1. The SMILES string of the molecule is CSc1ccc2nc(Nc3ccc(Cl)cc3)sc2c1. The zero-order valence-electron chi connectivity index (χ0n) is 10.2. The topological polar surface area (TPSA) is 24.9 Å². The van der Waals surface area contributed by atoms with Gasteiger partial charge in [-0.25, -0.2) is 4.98 Å². The number of rotatable bonds is 3. The predicted molar refractivity (Wildman–Crippen MR) is 86.1 cm³/mol. The summed E-state index contributed by atoms with van der Waals surface area (Å²) < 4.78 is 1.20. The number of nitrogens with one attached hydrogen (secondary N) is 1. The quantitative estimate of drug-likeness (QED) is 0.654. The Labute approximate surface area is 124 Å². The van der Waals surface area contributed by atoms with Gasteiger partial charge in [-0.2, -0.15) is 0 Å². The maximum absolute atomic E-state index is 5.87. The molecule has 0 bridgehead atoms. The number of aromatic nitrogens is 1. The maximum atomic E-state index is 5.87. The number of hydrogen-bond donors (Lipinski definition) is 1. The molecule has 0 unspecified atom stereocenters. The lowest BCUT2D eigenvalue weighted by Crippen LogP contribution is -1.87. The Hall–Kier alpha value is -1.23. The van der Waals surface area contributed by atoms with Crippen molar-refractivity contribution < 1.29 is 0 Å². The Bertz CT molecular complexity index is 707. The van der Waals surface area contributed by atoms with E-state index in [9.17, 15) is 0 Å². The van der Waals surface area contributed by atoms with Crippen molar-refractivity contribution in [1.29, 1.82) is 0 Å². The molecule has 1 N–H and O–H groups in total. The monoisotopic (exact) mass is 306 g/mol. The molecule has 19 heavy (non-hydrogen) atoms. The van der Waals surface area contributed by atoms with E-state index in [1.54, 1.807) is 23.1 Å². The maximum Gasteiger partial charge on any atom is 0.188 e. The van der Waals surface area contributed by atoms with Gasteiger partial charge in [-0.15, -0.1) is 11.8 Å². The molecule has 0 amide bonds. The first-order chi connectivity index (χ1) is 9.24. The predicted octanol–water partition coefficient (Wildman–Crippen LogP) is 5.42. The summed E-state index contributed by atoms with van der Waals surface area (Å²) in [6, 6.07) is 13.9. The van der Waals surface area contributed by atoms with Crippen LogP contribution in [0.3, 0.4) is 0 Å². The van der Waals surface area contributed by atoms with E-state index in [-0.39, 0.29) is 0 Å². The lowest BCUT2D eigenvalue weighted by atomic mass is 10.3. The standard InChI is InChI=1S/C14H11ClN2S2/c1-18-11-6-7-12-13(8-11)19-14(17-12)16-10-4-2-9(15)3-5-10/h2-8H,1H3,(H,16,17). The van der Waals surface area contributed by atoms with Crippen LogP contribution in [-0.2, 0) is 0 Å². The number of anilines is 2. The van der Waals surface area contributed by atoms with Gasteiger partial charge in [-0.3, -0.25) is 0 Å². The van der Waals surface area contributed by atoms with Crippen LogP contribution in [-0.4, -0.2) is 11.2 Å². The lowest BCUT2D eigenvalue weighted by Gasteiger charge is -2.01. The summed E-state index contributed by atoms with van der Waals surface area (Å²) in [7, 11) is 0. The van der Waals surface area contributed by atoms with Gasteiger partial charge in [0.15, 0.2) is 5.13 Å². The largest absolute Gasteiger partial charge is 0.332 e. The molecule has 3 rings (SSSR count). The molecule has 0 aliphatic carbocycles. The van der Waals surface area contributed by atoms with E-state index < -0.39 is 0 Å². The van der Waals surface area contributed by atoms with Gasteiger partial charge in [-0.1, -0.05) is 22.9 Å². The first kappa shape index (κ1) is 12.8. The zero-order chi connectivity index (χ0) is 13.2. The van der Waals surface area contributed by atoms with Crippen molar-refractivity contribution in [2.75, 3.05) is 11.6 Å². The molecule has 0 spiro atoms. The second-order valence-corrected chi connectivity index (χ2v) is 6.33. The van der Waals surface area contributed by atoms with Gasteiger partial charge < -0.3 is 5.32 Å². The third-order valence-electron chi connectivity index (χ3n) is 2.69. The molecule has 5 heteroatoms. The second-order valence-electron chi connectivity index (χ2n) is 3.98. The van der Waals surface area contributed by atoms with Crippen molar-refractivity contribution in [2.45, 2.75) is 4.90 Å². The summed E-state index contributed by atoms with van der Waals surface area (Å²) in [5.41, 5.74) is 2.02. The molecular formula is C14H11ClN2S2. The summed E-state index contributed by atoms with van der Waals surface area (Å²) in [6.07, 6.45) is 2.08. The summed E-state index contributed by atoms with van der Waals surface area (Å²) in [5, 5.41) is 4.93. The fourth-order valence-electron chi connectivity index (χ4n) is 1.74. The number of thiazole rings is 1. The van der Waals surface area contributed by atoms with Gasteiger partial charge in [0.05, 0.1) is 10.2 Å². The molecule has 3 aromatic rings. The molecule has 0 saturated carbocycles. The summed E-state index contributed by atoms with van der Waals surface area (Å²) in [5.74, 6) is 0. The minimum Gasteiger partial charge on any atom is -0.332 e. The fraction of sp³-hybridized carbons (Fsp3) is 0.0714. The van der Waals surface area contributed by atoms with Crippen LogP contribution in [0.2, 0.25) is 5.02 Å². The highest BCUT2D eigenvalue weighted by molar-refractivity contribution is 7.98. The van der Waals surface area contributed by atoms with E-state index in [4.69, 9.17) is 11.6 Å². The second kappa shape index (κ2) is 5.41. The van der Waals surface area contributed by atoms with E-state index in [0.29, 0.717) is 0 Å². The molecule has 0 radical (unpaired) electrons. The van der Waals surface area contributed by atoms with E-state index in [1.807, 2.05) is 24.3 Å². The summed E-state index contributed by atoms with van der Waals surface area (Å²) in [4.78, 5) is 5.83. The van der Waals surface area contributed by atoms with Crippen molar-refractivity contribution in [3.05, 3.63) is 47.5 Å². The number of thioether (sulfide) groups is 1. The summed E-state index contributed by atoms with van der Waals surface area (Å²) in [6.45, 7) is 0. The third kappa shape index (κ3) is 2.86. The van der Waals surface area contributed by atoms with Crippen LogP contribution in [0.1, 0.15) is 0 Å². The van der Waals surface area contributed by atoms with Gasteiger partial charge in [0.2, 0.25) is 0 Å². The Morgan fingerprint density at radius 1 is 1.16 bits per heavy atom. The molecular weight excluding hydrogens is 296 g/mol. The van der Waals surface area contributed by atoms with Crippen LogP contribution >= 0.6 is 34.7 Å². The number of benzene rings is 2. The molecule has 0 atom stereocenters. The lowest BCUT2D eigenvalue weighted by molar-refractivity contribution is 1.43. The van der Waals surface area contributed by atoms with Crippen LogP contribution in [0.5, 0.6) is 0 Å². The first-order valence-electron chi connectivity index (χ1n) is 5.72. The Kier molecular flexibility index (Phi) is 3.64. The fourth-order valence-corrected chi connectivity index (χ4v) is 3.31. The van der Waals surface area contributed by atoms with Gasteiger partial charge in [0, 0.05) is 15.6 Å². The van der Waals surface area contributed by atoms with Gasteiger partial charge in [0.25, 0.3) is 0 Å². The van der Waals surface area contributed by atoms with Crippen LogP contribution in [0, 0.1) is 0 Å². The summed E-state index contributed by atoms with van der Waals surface area (Å²) >= 11 is 9.27. The molecule has 1 aromatic heterocycles. The highest BCUT2D eigenvalue weighted by atomic mass is 35.5. The van der Waals surface area contributed by atoms with Gasteiger partial charge in [-0.05, 0) is 48.7 Å². The van der Waals surface area contributed by atoms with Crippen LogP contribution in [0.25, 0.3) is 10.2 Å². The number of hydrogen-bond acceptors (Lipinski definition) is 4. The average Bonchev–Trinajstić information content (AvgIpc) is 2.82. The van der Waals surface area contributed by atoms with E-state index in [0.717, 1.165) is 21.4 Å². The minimum atomic E-state index is 0.736. The molecule has 2 nitrogen and oxygen atoms in total. The number of nitrogens with zero attached hydrogens (tertiary/aromatic N) is 1. The van der Waals surface area contributed by atoms with E-state index >= 15 is 0 Å². The van der Waals surface area contributed by atoms with Crippen molar-refractivity contribution in [3.63, 3.8) is 0 Å². The third-order valence-corrected chi connectivity index (χ3v) is 4.60. The van der Waals surface area contributed by atoms with E-state index in [2.05, 4.69) is 34.8 Å². The van der Waals surface area contributed by atoms with Crippen LogP contribution in [0.15, 0.2) is 47.4 Å². The normalized spacial score (nSPS) is 10.8. The molecule has 96 valence electrons. The molecule has 0 aliphatic rings. The Balaban J connectivity index is 1.90. The Morgan fingerprint density at radius 3 is 2.68 bits per heavy atom. The molecule has 0 fully saturated rings. The average molecular weight is 307 g/mol. The van der Waals surface area contributed by atoms with Crippen LogP contribution < -0.4 is 5.32 Å². The highest BCUT2D eigenvalue weighted by Crippen LogP contribution is 2.31. The Morgan fingerprint density at radius 2 is 1.95 bits per heavy atom. The smallest absolute Gasteiger partial charge is 0.188 e. The minimum absolute atomic E-state index is 0.736. The van der Waals surface area contributed by atoms with E-state index in [1.165, 1.54) is 9.60 Å². The molecule has 2 aromatic carbocycles. The van der Waals surface area contributed by atoms with Crippen molar-refractivity contribution in [1.82, 2.24) is 4.98 Å². The zero-order valence-corrected chi connectivity index (χ0v) is 12.6.